The Morgan fingerprint density at radius 1 is 1.16 bits per heavy atom. The molecule has 4 rings (SSSR count). The van der Waals surface area contributed by atoms with Gasteiger partial charge in [0.25, 0.3) is 0 Å². The molecule has 1 unspecified atom stereocenters. The minimum atomic E-state index is -0.642. The second-order valence-electron chi connectivity index (χ2n) is 10.0. The number of halogens is 1. The molecule has 1 aromatic rings. The van der Waals surface area contributed by atoms with Gasteiger partial charge in [0.2, 0.25) is 11.8 Å². The Balaban J connectivity index is 0.00000289. The molecule has 1 atom stereocenters. The maximum atomic E-state index is 13.6. The predicted molar refractivity (Wildman–Crippen MR) is 133 cm³/mol. The molecular formula is C25H40ClN3O2S. The van der Waals surface area contributed by atoms with E-state index in [4.69, 9.17) is 0 Å². The number of carbonyl (C=O) groups is 2. The highest BCUT2D eigenvalue weighted by molar-refractivity contribution is 7.10. The lowest BCUT2D eigenvalue weighted by molar-refractivity contribution is -0.162. The van der Waals surface area contributed by atoms with E-state index in [1.54, 1.807) is 0 Å². The second-order valence-corrected chi connectivity index (χ2v) is 11.0. The third kappa shape index (κ3) is 5.51. The van der Waals surface area contributed by atoms with Gasteiger partial charge in [-0.15, -0.1) is 23.7 Å². The zero-order chi connectivity index (χ0) is 21.8. The van der Waals surface area contributed by atoms with Crippen molar-refractivity contribution in [2.75, 3.05) is 19.6 Å². The number of likely N-dealkylation sites (tertiary alicyclic amines) is 1. The second kappa shape index (κ2) is 11.3. The molecule has 0 radical (unpaired) electrons. The van der Waals surface area contributed by atoms with Crippen molar-refractivity contribution in [2.45, 2.75) is 96.2 Å². The fourth-order valence-electron chi connectivity index (χ4n) is 5.80. The largest absolute Gasteiger partial charge is 0.342 e. The first kappa shape index (κ1) is 25.5. The minimum Gasteiger partial charge on any atom is -0.342 e. The van der Waals surface area contributed by atoms with E-state index in [9.17, 15) is 9.59 Å². The Morgan fingerprint density at radius 3 is 2.50 bits per heavy atom. The van der Waals surface area contributed by atoms with Crippen LogP contribution in [0.4, 0.5) is 0 Å². The Kier molecular flexibility index (Phi) is 9.05. The number of unbranched alkanes of at least 4 members (excludes halogenated alkanes) is 1. The van der Waals surface area contributed by atoms with Crippen LogP contribution in [0.25, 0.3) is 0 Å². The number of piperazine rings is 1. The van der Waals surface area contributed by atoms with Crippen molar-refractivity contribution in [3.63, 3.8) is 0 Å². The molecule has 2 aliphatic heterocycles. The van der Waals surface area contributed by atoms with E-state index < -0.39 is 5.54 Å². The number of piperidine rings is 1. The summed E-state index contributed by atoms with van der Waals surface area (Å²) < 4.78 is 0. The summed E-state index contributed by atoms with van der Waals surface area (Å²) in [5.41, 5.74) is 0.678. The van der Waals surface area contributed by atoms with Gasteiger partial charge in [0.15, 0.2) is 0 Å². The quantitative estimate of drug-likeness (QED) is 0.602. The van der Waals surface area contributed by atoms with E-state index in [2.05, 4.69) is 35.5 Å². The number of aryl methyl sites for hydroxylation is 1. The number of thiophene rings is 1. The zero-order valence-corrected chi connectivity index (χ0v) is 21.4. The van der Waals surface area contributed by atoms with Crippen LogP contribution in [0.5, 0.6) is 0 Å². The van der Waals surface area contributed by atoms with E-state index >= 15 is 0 Å². The summed E-state index contributed by atoms with van der Waals surface area (Å²) in [6.45, 7) is 7.70. The molecule has 180 valence electrons. The number of hydrogen-bond donors (Lipinski definition) is 1. The van der Waals surface area contributed by atoms with Gasteiger partial charge in [0.1, 0.15) is 11.6 Å². The fourth-order valence-corrected chi connectivity index (χ4v) is 6.72. The number of nitrogens with one attached hydrogen (secondary N) is 1. The summed E-state index contributed by atoms with van der Waals surface area (Å²) in [6.07, 6.45) is 10.6. The van der Waals surface area contributed by atoms with Crippen molar-refractivity contribution >= 4 is 35.6 Å². The van der Waals surface area contributed by atoms with Crippen LogP contribution in [0.15, 0.2) is 11.4 Å². The number of rotatable bonds is 7. The summed E-state index contributed by atoms with van der Waals surface area (Å²) >= 11 is 1.81. The molecule has 32 heavy (non-hydrogen) atoms. The monoisotopic (exact) mass is 481 g/mol. The Bertz CT molecular complexity index is 769. The van der Waals surface area contributed by atoms with Crippen molar-refractivity contribution in [1.82, 2.24) is 15.1 Å². The maximum Gasteiger partial charge on any atom is 0.246 e. The molecule has 0 bridgehead atoms. The van der Waals surface area contributed by atoms with Crippen LogP contribution in [0.3, 0.4) is 0 Å². The first-order valence-electron chi connectivity index (χ1n) is 12.4. The topological polar surface area (TPSA) is 52.7 Å². The molecule has 5 nitrogen and oxygen atoms in total. The maximum absolute atomic E-state index is 13.6. The predicted octanol–water partition coefficient (Wildman–Crippen LogP) is 4.91. The highest BCUT2D eigenvalue weighted by Crippen LogP contribution is 2.36. The first-order valence-corrected chi connectivity index (χ1v) is 13.3. The van der Waals surface area contributed by atoms with Gasteiger partial charge in [-0.1, -0.05) is 45.4 Å². The molecule has 3 fully saturated rings. The van der Waals surface area contributed by atoms with Gasteiger partial charge in [0, 0.05) is 31.1 Å². The average molecular weight is 482 g/mol. The highest BCUT2D eigenvalue weighted by Gasteiger charge is 2.53. The molecule has 1 saturated carbocycles. The molecule has 2 amide bonds. The zero-order valence-electron chi connectivity index (χ0n) is 19.7. The number of nitrogens with zero attached hydrogens (tertiary/aromatic N) is 2. The van der Waals surface area contributed by atoms with Crippen molar-refractivity contribution in [2.24, 2.45) is 5.92 Å². The molecule has 1 N–H and O–H groups in total. The smallest absolute Gasteiger partial charge is 0.246 e. The fraction of sp³-hybridized carbons (Fsp3) is 0.760. The van der Waals surface area contributed by atoms with Crippen LogP contribution >= 0.6 is 23.7 Å². The van der Waals surface area contributed by atoms with Crippen molar-refractivity contribution in [1.29, 1.82) is 0 Å². The third-order valence-corrected chi connectivity index (χ3v) is 8.72. The number of carbonyl (C=O) groups excluding carboxylic acids is 2. The van der Waals surface area contributed by atoms with Crippen LogP contribution in [-0.4, -0.2) is 52.8 Å². The molecule has 1 spiro atoms. The van der Waals surface area contributed by atoms with E-state index in [1.807, 2.05) is 16.2 Å². The summed E-state index contributed by atoms with van der Waals surface area (Å²) in [4.78, 5) is 32.9. The number of amides is 2. The lowest BCUT2D eigenvalue weighted by atomic mass is 9.79. The van der Waals surface area contributed by atoms with Gasteiger partial charge < -0.3 is 10.2 Å². The van der Waals surface area contributed by atoms with E-state index in [-0.39, 0.29) is 30.3 Å². The van der Waals surface area contributed by atoms with Gasteiger partial charge in [-0.05, 0) is 55.5 Å². The van der Waals surface area contributed by atoms with Gasteiger partial charge in [-0.2, -0.15) is 0 Å². The molecule has 2 saturated heterocycles. The van der Waals surface area contributed by atoms with Gasteiger partial charge in [-0.25, -0.2) is 0 Å². The van der Waals surface area contributed by atoms with Gasteiger partial charge >= 0.3 is 0 Å². The van der Waals surface area contributed by atoms with Crippen molar-refractivity contribution in [3.8, 4) is 0 Å². The normalized spacial score (nSPS) is 24.4. The molecule has 3 heterocycles. The Hall–Kier alpha value is -1.11. The van der Waals surface area contributed by atoms with Crippen LogP contribution in [0.2, 0.25) is 0 Å². The summed E-state index contributed by atoms with van der Waals surface area (Å²) in [5, 5.41) is 5.40. The van der Waals surface area contributed by atoms with E-state index in [1.165, 1.54) is 42.5 Å². The van der Waals surface area contributed by atoms with Crippen molar-refractivity contribution < 1.29 is 9.59 Å². The van der Waals surface area contributed by atoms with Gasteiger partial charge in [-0.3, -0.25) is 14.5 Å². The summed E-state index contributed by atoms with van der Waals surface area (Å²) in [7, 11) is 0. The summed E-state index contributed by atoms with van der Waals surface area (Å²) in [6, 6.07) is 1.94. The lowest BCUT2D eigenvalue weighted by Gasteiger charge is -2.52. The first-order chi connectivity index (χ1) is 15.0. The molecule has 1 aromatic heterocycles. The minimum absolute atomic E-state index is 0. The van der Waals surface area contributed by atoms with E-state index in [0.717, 1.165) is 51.7 Å². The Morgan fingerprint density at radius 2 is 1.88 bits per heavy atom. The standard InChI is InChI=1S/C25H39N3O2S.ClH/c1-3-4-12-28-23(29)22(16-20-8-6-5-7-9-20)26-24(30)25(28)10-13-27(14-11-25)17-21-15-19(2)18-31-21;/h15,18,20,22H,3-14,16-17H2,1-2H3,(H,26,30);1H. The Labute approximate surface area is 203 Å². The van der Waals surface area contributed by atoms with E-state index in [0.29, 0.717) is 12.5 Å². The lowest BCUT2D eigenvalue weighted by Crippen LogP contribution is -2.73. The molecule has 3 aliphatic rings. The highest BCUT2D eigenvalue weighted by atomic mass is 35.5. The molecule has 7 heteroatoms. The van der Waals surface area contributed by atoms with Gasteiger partial charge in [0.05, 0.1) is 0 Å². The SMILES string of the molecule is CCCCN1C(=O)C(CC2CCCCC2)NC(=O)C12CCN(Cc1cc(C)cs1)CC2.Cl. The van der Waals surface area contributed by atoms with Crippen molar-refractivity contribution in [3.05, 3.63) is 21.9 Å². The average Bonchev–Trinajstić information content (AvgIpc) is 3.19. The molecule has 1 aliphatic carbocycles. The van der Waals surface area contributed by atoms with Crippen LogP contribution in [0.1, 0.15) is 81.6 Å². The van der Waals surface area contributed by atoms with Crippen LogP contribution in [0, 0.1) is 12.8 Å². The number of hydrogen-bond acceptors (Lipinski definition) is 4. The molecular weight excluding hydrogens is 442 g/mol. The third-order valence-electron chi connectivity index (χ3n) is 7.69. The molecule has 0 aromatic carbocycles. The van der Waals surface area contributed by atoms with Crippen LogP contribution in [-0.2, 0) is 16.1 Å². The summed E-state index contributed by atoms with van der Waals surface area (Å²) in [5.74, 6) is 0.873. The van der Waals surface area contributed by atoms with Crippen LogP contribution < -0.4 is 5.32 Å².